The monoisotopic (exact) mass is 298 g/mol. The lowest BCUT2D eigenvalue weighted by Gasteiger charge is -2.15. The fourth-order valence-electron chi connectivity index (χ4n) is 2.33. The van der Waals surface area contributed by atoms with Crippen molar-refractivity contribution >= 4 is 23.5 Å². The van der Waals surface area contributed by atoms with Gasteiger partial charge >= 0.3 is 6.03 Å². The first-order chi connectivity index (χ1) is 10.6. The standard InChI is InChI=1S/C16H11FN2O3/c17-12-6-7-13-11(8-12)9-14(20)19(13)16(22)18-15(21)10-4-2-1-3-5-10/h1-8H,9H2,(H,18,21,22). The topological polar surface area (TPSA) is 66.5 Å². The normalized spacial score (nSPS) is 13.0. The summed E-state index contributed by atoms with van der Waals surface area (Å²) in [6, 6.07) is 11.1. The van der Waals surface area contributed by atoms with E-state index in [9.17, 15) is 18.8 Å². The highest BCUT2D eigenvalue weighted by Gasteiger charge is 2.33. The maximum atomic E-state index is 13.2. The van der Waals surface area contributed by atoms with Crippen molar-refractivity contribution in [1.82, 2.24) is 5.32 Å². The van der Waals surface area contributed by atoms with Gasteiger partial charge in [-0.2, -0.15) is 0 Å². The highest BCUT2D eigenvalue weighted by molar-refractivity contribution is 6.22. The van der Waals surface area contributed by atoms with Crippen LogP contribution in [0.4, 0.5) is 14.9 Å². The van der Waals surface area contributed by atoms with E-state index in [1.165, 1.54) is 12.1 Å². The molecule has 4 amide bonds. The molecule has 2 aromatic carbocycles. The molecule has 0 fully saturated rings. The second-order valence-corrected chi connectivity index (χ2v) is 4.80. The Balaban J connectivity index is 1.82. The summed E-state index contributed by atoms with van der Waals surface area (Å²) in [5, 5.41) is 2.16. The smallest absolute Gasteiger partial charge is 0.274 e. The third-order valence-corrected chi connectivity index (χ3v) is 3.33. The minimum Gasteiger partial charge on any atom is -0.274 e. The van der Waals surface area contributed by atoms with Crippen molar-refractivity contribution in [3.8, 4) is 0 Å². The molecule has 5 nitrogen and oxygen atoms in total. The number of amides is 4. The molecule has 1 aliphatic rings. The molecular weight excluding hydrogens is 287 g/mol. The van der Waals surface area contributed by atoms with Crippen LogP contribution in [0.25, 0.3) is 0 Å². The van der Waals surface area contributed by atoms with Crippen molar-refractivity contribution in [2.75, 3.05) is 4.90 Å². The largest absolute Gasteiger partial charge is 0.335 e. The van der Waals surface area contributed by atoms with Gasteiger partial charge in [-0.15, -0.1) is 0 Å². The van der Waals surface area contributed by atoms with Crippen LogP contribution < -0.4 is 10.2 Å². The predicted octanol–water partition coefficient (Wildman–Crippen LogP) is 2.26. The Labute approximate surface area is 125 Å². The van der Waals surface area contributed by atoms with Crippen LogP contribution in [0.1, 0.15) is 15.9 Å². The van der Waals surface area contributed by atoms with E-state index >= 15 is 0 Å². The molecule has 3 rings (SSSR count). The zero-order valence-corrected chi connectivity index (χ0v) is 11.4. The number of imide groups is 2. The number of halogens is 1. The molecule has 2 aromatic rings. The maximum Gasteiger partial charge on any atom is 0.335 e. The number of urea groups is 1. The van der Waals surface area contributed by atoms with Crippen LogP contribution in [-0.4, -0.2) is 17.8 Å². The van der Waals surface area contributed by atoms with Gasteiger partial charge in [0.25, 0.3) is 5.91 Å². The average molecular weight is 298 g/mol. The number of nitrogens with one attached hydrogen (secondary N) is 1. The molecule has 0 radical (unpaired) electrons. The Bertz CT molecular complexity index is 774. The van der Waals surface area contributed by atoms with E-state index in [-0.39, 0.29) is 6.42 Å². The lowest BCUT2D eigenvalue weighted by molar-refractivity contribution is -0.116. The molecular formula is C16H11FN2O3. The molecule has 0 spiro atoms. The molecule has 22 heavy (non-hydrogen) atoms. The minimum absolute atomic E-state index is 0.0694. The van der Waals surface area contributed by atoms with Gasteiger partial charge in [0, 0.05) is 5.56 Å². The third-order valence-electron chi connectivity index (χ3n) is 3.33. The maximum absolute atomic E-state index is 13.2. The fraction of sp³-hybridized carbons (Fsp3) is 0.0625. The highest BCUT2D eigenvalue weighted by atomic mass is 19.1. The second kappa shape index (κ2) is 5.40. The first kappa shape index (κ1) is 13.9. The van der Waals surface area contributed by atoms with E-state index in [1.807, 2.05) is 0 Å². The van der Waals surface area contributed by atoms with Gasteiger partial charge in [0.15, 0.2) is 0 Å². The molecule has 0 aromatic heterocycles. The Morgan fingerprint density at radius 3 is 2.55 bits per heavy atom. The van der Waals surface area contributed by atoms with Crippen LogP contribution in [0.15, 0.2) is 48.5 Å². The van der Waals surface area contributed by atoms with Crippen LogP contribution in [-0.2, 0) is 11.2 Å². The van der Waals surface area contributed by atoms with Gasteiger partial charge in [-0.05, 0) is 35.9 Å². The summed E-state index contributed by atoms with van der Waals surface area (Å²) in [6.07, 6.45) is -0.0694. The van der Waals surface area contributed by atoms with Gasteiger partial charge in [0.1, 0.15) is 5.82 Å². The van der Waals surface area contributed by atoms with Crippen LogP contribution in [0.2, 0.25) is 0 Å². The van der Waals surface area contributed by atoms with Gasteiger partial charge in [-0.1, -0.05) is 18.2 Å². The third kappa shape index (κ3) is 2.46. The van der Waals surface area contributed by atoms with Crippen molar-refractivity contribution in [3.05, 3.63) is 65.5 Å². The van der Waals surface area contributed by atoms with Crippen molar-refractivity contribution in [1.29, 1.82) is 0 Å². The number of hydrogen-bond acceptors (Lipinski definition) is 3. The zero-order chi connectivity index (χ0) is 15.7. The van der Waals surface area contributed by atoms with E-state index in [1.54, 1.807) is 30.3 Å². The van der Waals surface area contributed by atoms with Crippen LogP contribution in [0.3, 0.4) is 0 Å². The van der Waals surface area contributed by atoms with E-state index in [2.05, 4.69) is 5.32 Å². The molecule has 110 valence electrons. The lowest BCUT2D eigenvalue weighted by Crippen LogP contribution is -2.44. The summed E-state index contributed by atoms with van der Waals surface area (Å²) in [4.78, 5) is 36.9. The van der Waals surface area contributed by atoms with Crippen LogP contribution in [0.5, 0.6) is 0 Å². The fourth-order valence-corrected chi connectivity index (χ4v) is 2.33. The number of nitrogens with zero attached hydrogens (tertiary/aromatic N) is 1. The van der Waals surface area contributed by atoms with Gasteiger partial charge in [0.2, 0.25) is 5.91 Å². The Hall–Kier alpha value is -3.02. The molecule has 0 bridgehead atoms. The van der Waals surface area contributed by atoms with Gasteiger partial charge in [-0.25, -0.2) is 14.1 Å². The molecule has 1 heterocycles. The summed E-state index contributed by atoms with van der Waals surface area (Å²) in [6.45, 7) is 0. The number of carbonyl (C=O) groups is 3. The van der Waals surface area contributed by atoms with Gasteiger partial charge in [0.05, 0.1) is 12.1 Å². The minimum atomic E-state index is -0.843. The highest BCUT2D eigenvalue weighted by Crippen LogP contribution is 2.29. The summed E-state index contributed by atoms with van der Waals surface area (Å²) >= 11 is 0. The van der Waals surface area contributed by atoms with Crippen molar-refractivity contribution in [2.45, 2.75) is 6.42 Å². The average Bonchev–Trinajstić information content (AvgIpc) is 2.83. The lowest BCUT2D eigenvalue weighted by atomic mass is 10.1. The summed E-state index contributed by atoms with van der Waals surface area (Å²) in [5.41, 5.74) is 1.03. The number of hydrogen-bond donors (Lipinski definition) is 1. The van der Waals surface area contributed by atoms with E-state index < -0.39 is 23.7 Å². The number of rotatable bonds is 1. The van der Waals surface area contributed by atoms with Crippen LogP contribution in [0, 0.1) is 5.82 Å². The first-order valence-electron chi connectivity index (χ1n) is 6.58. The van der Waals surface area contributed by atoms with Gasteiger partial charge in [-0.3, -0.25) is 14.9 Å². The second-order valence-electron chi connectivity index (χ2n) is 4.80. The molecule has 1 aliphatic heterocycles. The number of fused-ring (bicyclic) bond motifs is 1. The molecule has 1 N–H and O–H groups in total. The number of anilines is 1. The van der Waals surface area contributed by atoms with E-state index in [0.717, 1.165) is 11.0 Å². The summed E-state index contributed by atoms with van der Waals surface area (Å²) < 4.78 is 13.2. The SMILES string of the molecule is O=C(NC(=O)N1C(=O)Cc2cc(F)ccc21)c1ccccc1. The summed E-state index contributed by atoms with van der Waals surface area (Å²) in [5.74, 6) is -1.58. The van der Waals surface area contributed by atoms with Crippen molar-refractivity contribution < 1.29 is 18.8 Å². The Kier molecular flexibility index (Phi) is 3.42. The van der Waals surface area contributed by atoms with E-state index in [0.29, 0.717) is 16.8 Å². The molecule has 0 saturated carbocycles. The predicted molar refractivity (Wildman–Crippen MR) is 76.9 cm³/mol. The first-order valence-corrected chi connectivity index (χ1v) is 6.58. The zero-order valence-electron chi connectivity index (χ0n) is 11.4. The number of benzene rings is 2. The molecule has 0 saturated heterocycles. The van der Waals surface area contributed by atoms with Crippen molar-refractivity contribution in [2.24, 2.45) is 0 Å². The molecule has 0 atom stereocenters. The van der Waals surface area contributed by atoms with Gasteiger partial charge < -0.3 is 0 Å². The van der Waals surface area contributed by atoms with Crippen LogP contribution >= 0.6 is 0 Å². The molecule has 0 aliphatic carbocycles. The van der Waals surface area contributed by atoms with E-state index in [4.69, 9.17) is 0 Å². The molecule has 0 unspecified atom stereocenters. The molecule has 6 heteroatoms. The Morgan fingerprint density at radius 1 is 1.09 bits per heavy atom. The quantitative estimate of drug-likeness (QED) is 0.878. The number of carbonyl (C=O) groups excluding carboxylic acids is 3. The summed E-state index contributed by atoms with van der Waals surface area (Å²) in [7, 11) is 0. The Morgan fingerprint density at radius 2 is 1.82 bits per heavy atom. The van der Waals surface area contributed by atoms with Crippen molar-refractivity contribution in [3.63, 3.8) is 0 Å².